The Balaban J connectivity index is 1.62. The highest BCUT2D eigenvalue weighted by molar-refractivity contribution is 7.03. The van der Waals surface area contributed by atoms with Crippen molar-refractivity contribution in [2.45, 2.75) is 51.5 Å². The molecule has 0 amide bonds. The molecule has 4 heteroatoms. The summed E-state index contributed by atoms with van der Waals surface area (Å²) in [6.45, 7) is 3.31. The minimum atomic E-state index is 0.438. The largest absolute Gasteiger partial charge is 0.309 e. The van der Waals surface area contributed by atoms with Crippen molar-refractivity contribution in [3.05, 3.63) is 11.1 Å². The van der Waals surface area contributed by atoms with E-state index in [4.69, 9.17) is 0 Å². The van der Waals surface area contributed by atoms with Crippen LogP contribution in [0.15, 0.2) is 5.38 Å². The van der Waals surface area contributed by atoms with Gasteiger partial charge in [0.15, 0.2) is 0 Å². The first kappa shape index (κ1) is 12.5. The Labute approximate surface area is 114 Å². The van der Waals surface area contributed by atoms with Crippen LogP contribution in [-0.4, -0.2) is 16.1 Å². The predicted molar refractivity (Wildman–Crippen MR) is 74.5 cm³/mol. The lowest BCUT2D eigenvalue weighted by Gasteiger charge is -2.26. The lowest BCUT2D eigenvalue weighted by molar-refractivity contribution is 0.277. The smallest absolute Gasteiger partial charge is 0.0924 e. The summed E-state index contributed by atoms with van der Waals surface area (Å²) in [6, 6.07) is 0.438. The number of rotatable bonds is 6. The lowest BCUT2D eigenvalue weighted by atomic mass is 9.83. The van der Waals surface area contributed by atoms with Crippen molar-refractivity contribution in [2.75, 3.05) is 6.54 Å². The molecule has 2 bridgehead atoms. The second-order valence-corrected chi connectivity index (χ2v) is 6.62. The average molecular weight is 265 g/mol. The minimum absolute atomic E-state index is 0.438. The van der Waals surface area contributed by atoms with Crippen molar-refractivity contribution < 1.29 is 0 Å². The van der Waals surface area contributed by atoms with E-state index in [0.717, 1.165) is 30.0 Å². The van der Waals surface area contributed by atoms with Gasteiger partial charge in [-0.3, -0.25) is 0 Å². The molecule has 100 valence electrons. The molecule has 1 aromatic heterocycles. The fourth-order valence-electron chi connectivity index (χ4n) is 3.92. The molecule has 2 aliphatic rings. The molecule has 3 nitrogen and oxygen atoms in total. The Morgan fingerprint density at radius 2 is 2.39 bits per heavy atom. The second-order valence-electron chi connectivity index (χ2n) is 6.01. The summed E-state index contributed by atoms with van der Waals surface area (Å²) in [5, 5.41) is 10.1. The Hall–Kier alpha value is -0.480. The molecular formula is C14H23N3S. The molecule has 0 saturated heterocycles. The second kappa shape index (κ2) is 5.66. The normalized spacial score (nSPS) is 31.9. The van der Waals surface area contributed by atoms with Crippen LogP contribution in [0.3, 0.4) is 0 Å². The predicted octanol–water partition coefficient (Wildman–Crippen LogP) is 3.41. The molecule has 4 unspecified atom stereocenters. The van der Waals surface area contributed by atoms with Gasteiger partial charge in [-0.15, -0.1) is 5.10 Å². The van der Waals surface area contributed by atoms with Gasteiger partial charge in [-0.1, -0.05) is 17.8 Å². The van der Waals surface area contributed by atoms with E-state index in [2.05, 4.69) is 27.2 Å². The molecule has 2 aliphatic carbocycles. The summed E-state index contributed by atoms with van der Waals surface area (Å²) in [7, 11) is 0. The number of hydrogen-bond donors (Lipinski definition) is 1. The summed E-state index contributed by atoms with van der Waals surface area (Å²) < 4.78 is 4.03. The minimum Gasteiger partial charge on any atom is -0.309 e. The van der Waals surface area contributed by atoms with E-state index in [-0.39, 0.29) is 0 Å². The van der Waals surface area contributed by atoms with E-state index in [1.807, 2.05) is 0 Å². The topological polar surface area (TPSA) is 37.8 Å². The monoisotopic (exact) mass is 265 g/mol. The number of fused-ring (bicyclic) bond motifs is 2. The number of nitrogens with one attached hydrogen (secondary N) is 1. The maximum absolute atomic E-state index is 4.28. The van der Waals surface area contributed by atoms with Crippen molar-refractivity contribution in [1.82, 2.24) is 14.9 Å². The third kappa shape index (κ3) is 2.59. The van der Waals surface area contributed by atoms with Gasteiger partial charge in [0, 0.05) is 5.38 Å². The first-order valence-corrected chi connectivity index (χ1v) is 8.20. The van der Waals surface area contributed by atoms with Crippen LogP contribution in [0.1, 0.15) is 57.2 Å². The highest BCUT2D eigenvalue weighted by atomic mass is 32.1. The van der Waals surface area contributed by atoms with Gasteiger partial charge in [0.05, 0.1) is 11.7 Å². The summed E-state index contributed by atoms with van der Waals surface area (Å²) in [6.07, 6.45) is 8.39. The molecule has 1 aromatic rings. The van der Waals surface area contributed by atoms with Gasteiger partial charge in [-0.25, -0.2) is 0 Å². The standard InChI is InChI=1S/C14H23N3S/c1-2-5-15-13(14-9-18-17-16-14)8-12-7-10-3-4-11(12)6-10/h9-13,15H,2-8H2,1H3. The van der Waals surface area contributed by atoms with Gasteiger partial charge < -0.3 is 5.32 Å². The quantitative estimate of drug-likeness (QED) is 0.856. The fraction of sp³-hybridized carbons (Fsp3) is 0.857. The van der Waals surface area contributed by atoms with Crippen molar-refractivity contribution >= 4 is 11.5 Å². The zero-order valence-corrected chi connectivity index (χ0v) is 12.0. The molecule has 2 fully saturated rings. The molecule has 4 atom stereocenters. The zero-order valence-electron chi connectivity index (χ0n) is 11.1. The van der Waals surface area contributed by atoms with Gasteiger partial charge in [-0.05, 0) is 67.9 Å². The Bertz CT molecular complexity index is 365. The van der Waals surface area contributed by atoms with E-state index in [0.29, 0.717) is 6.04 Å². The molecule has 3 rings (SSSR count). The van der Waals surface area contributed by atoms with E-state index >= 15 is 0 Å². The van der Waals surface area contributed by atoms with Crippen LogP contribution in [0, 0.1) is 17.8 Å². The molecule has 0 aliphatic heterocycles. The molecule has 0 radical (unpaired) electrons. The lowest BCUT2D eigenvalue weighted by Crippen LogP contribution is -2.26. The maximum Gasteiger partial charge on any atom is 0.0924 e. The third-order valence-corrected chi connectivity index (χ3v) is 5.32. The summed E-state index contributed by atoms with van der Waals surface area (Å²) in [5.74, 6) is 2.98. The van der Waals surface area contributed by atoms with E-state index in [9.17, 15) is 0 Å². The number of aromatic nitrogens is 2. The summed E-state index contributed by atoms with van der Waals surface area (Å²) in [4.78, 5) is 0. The Morgan fingerprint density at radius 3 is 3.00 bits per heavy atom. The summed E-state index contributed by atoms with van der Waals surface area (Å²) >= 11 is 1.47. The molecule has 1 heterocycles. The highest BCUT2D eigenvalue weighted by Crippen LogP contribution is 2.50. The SMILES string of the molecule is CCCNC(CC1CC2CCC1C2)c1csnn1. The van der Waals surface area contributed by atoms with Gasteiger partial charge in [-0.2, -0.15) is 0 Å². The number of nitrogens with zero attached hydrogens (tertiary/aromatic N) is 2. The van der Waals surface area contributed by atoms with Crippen LogP contribution in [0.2, 0.25) is 0 Å². The van der Waals surface area contributed by atoms with Crippen LogP contribution in [0.25, 0.3) is 0 Å². The molecule has 0 aromatic carbocycles. The highest BCUT2D eigenvalue weighted by Gasteiger charge is 2.40. The van der Waals surface area contributed by atoms with Crippen molar-refractivity contribution in [2.24, 2.45) is 17.8 Å². The van der Waals surface area contributed by atoms with E-state index in [1.54, 1.807) is 0 Å². The molecule has 0 spiro atoms. The van der Waals surface area contributed by atoms with Crippen LogP contribution >= 0.6 is 11.5 Å². The van der Waals surface area contributed by atoms with Crippen LogP contribution in [0.5, 0.6) is 0 Å². The van der Waals surface area contributed by atoms with Gasteiger partial charge >= 0.3 is 0 Å². The van der Waals surface area contributed by atoms with Crippen LogP contribution in [-0.2, 0) is 0 Å². The van der Waals surface area contributed by atoms with Crippen molar-refractivity contribution in [3.8, 4) is 0 Å². The number of hydrogen-bond acceptors (Lipinski definition) is 4. The maximum atomic E-state index is 4.28. The average Bonchev–Trinajstić information content (AvgIpc) is 3.09. The Kier molecular flexibility index (Phi) is 3.94. The Morgan fingerprint density at radius 1 is 1.44 bits per heavy atom. The molecule has 1 N–H and O–H groups in total. The third-order valence-electron chi connectivity index (χ3n) is 4.80. The first-order chi connectivity index (χ1) is 8.86. The first-order valence-electron chi connectivity index (χ1n) is 7.37. The van der Waals surface area contributed by atoms with E-state index < -0.39 is 0 Å². The van der Waals surface area contributed by atoms with Gasteiger partial charge in [0.2, 0.25) is 0 Å². The molecule has 18 heavy (non-hydrogen) atoms. The van der Waals surface area contributed by atoms with Crippen molar-refractivity contribution in [1.29, 1.82) is 0 Å². The van der Waals surface area contributed by atoms with Gasteiger partial charge in [0.25, 0.3) is 0 Å². The fourth-order valence-corrected chi connectivity index (χ4v) is 4.43. The zero-order chi connectivity index (χ0) is 12.4. The molecule has 2 saturated carbocycles. The van der Waals surface area contributed by atoms with Gasteiger partial charge in [0.1, 0.15) is 0 Å². The van der Waals surface area contributed by atoms with E-state index in [1.165, 1.54) is 50.1 Å². The van der Waals surface area contributed by atoms with Crippen LogP contribution in [0.4, 0.5) is 0 Å². The summed E-state index contributed by atoms with van der Waals surface area (Å²) in [5.41, 5.74) is 1.16. The van der Waals surface area contributed by atoms with Crippen LogP contribution < -0.4 is 5.32 Å². The molecular weight excluding hydrogens is 242 g/mol. The van der Waals surface area contributed by atoms with Crippen molar-refractivity contribution in [3.63, 3.8) is 0 Å².